The van der Waals surface area contributed by atoms with Crippen LogP contribution in [0.2, 0.25) is 0 Å². The van der Waals surface area contributed by atoms with E-state index in [9.17, 15) is 4.79 Å². The van der Waals surface area contributed by atoms with Gasteiger partial charge in [0.15, 0.2) is 0 Å². The third-order valence-corrected chi connectivity index (χ3v) is 2.39. The van der Waals surface area contributed by atoms with E-state index in [0.717, 1.165) is 5.56 Å². The van der Waals surface area contributed by atoms with Crippen molar-refractivity contribution in [3.8, 4) is 0 Å². The van der Waals surface area contributed by atoms with E-state index in [1.165, 1.54) is 0 Å². The Hall–Kier alpha value is -2.20. The number of carbonyl (C=O) groups is 1. The minimum absolute atomic E-state index is 0.0929. The van der Waals surface area contributed by atoms with E-state index in [-0.39, 0.29) is 12.5 Å². The number of nitrogens with zero attached hydrogens (tertiary/aromatic N) is 1. The lowest BCUT2D eigenvalue weighted by Crippen LogP contribution is -2.27. The molecule has 0 aliphatic carbocycles. The van der Waals surface area contributed by atoms with E-state index < -0.39 is 0 Å². The molecule has 0 saturated carbocycles. The van der Waals surface area contributed by atoms with Crippen molar-refractivity contribution in [2.24, 2.45) is 0 Å². The number of amides is 1. The van der Waals surface area contributed by atoms with Crippen LogP contribution < -0.4 is 10.6 Å². The Labute approximate surface area is 106 Å². The summed E-state index contributed by atoms with van der Waals surface area (Å²) in [6, 6.07) is 15.4. The van der Waals surface area contributed by atoms with Crippen molar-refractivity contribution in [1.82, 2.24) is 10.3 Å². The molecule has 2 aromatic rings. The highest BCUT2D eigenvalue weighted by atomic mass is 16.1. The van der Waals surface area contributed by atoms with Gasteiger partial charge >= 0.3 is 0 Å². The average molecular weight is 241 g/mol. The summed E-state index contributed by atoms with van der Waals surface area (Å²) in [4.78, 5) is 15.6. The normalized spacial score (nSPS) is 10.0. The number of anilines is 1. The molecule has 0 spiro atoms. The van der Waals surface area contributed by atoms with Crippen molar-refractivity contribution >= 4 is 11.7 Å². The van der Waals surface area contributed by atoms with Crippen LogP contribution in [-0.4, -0.2) is 17.4 Å². The first-order valence-electron chi connectivity index (χ1n) is 5.80. The molecule has 92 valence electrons. The first-order valence-corrected chi connectivity index (χ1v) is 5.80. The second kappa shape index (κ2) is 6.51. The number of aromatic nitrogens is 1. The Morgan fingerprint density at radius 1 is 1.06 bits per heavy atom. The Morgan fingerprint density at radius 2 is 1.83 bits per heavy atom. The molecule has 0 radical (unpaired) electrons. The number of pyridine rings is 1. The molecule has 18 heavy (non-hydrogen) atoms. The number of nitrogens with one attached hydrogen (secondary N) is 2. The summed E-state index contributed by atoms with van der Waals surface area (Å²) in [5, 5.41) is 5.80. The van der Waals surface area contributed by atoms with Gasteiger partial charge in [-0.05, 0) is 17.7 Å². The summed E-state index contributed by atoms with van der Waals surface area (Å²) in [6.07, 6.45) is 1.65. The Balaban J connectivity index is 1.73. The zero-order valence-electron chi connectivity index (χ0n) is 9.97. The molecule has 2 N–H and O–H groups in total. The molecular weight excluding hydrogens is 226 g/mol. The van der Waals surface area contributed by atoms with E-state index in [2.05, 4.69) is 15.6 Å². The van der Waals surface area contributed by atoms with E-state index in [1.807, 2.05) is 42.5 Å². The maximum Gasteiger partial charge on any atom is 0.239 e. The van der Waals surface area contributed by atoms with Crippen LogP contribution >= 0.6 is 0 Å². The zero-order chi connectivity index (χ0) is 12.6. The minimum Gasteiger partial charge on any atom is -0.310 e. The van der Waals surface area contributed by atoms with Gasteiger partial charge in [-0.1, -0.05) is 36.4 Å². The van der Waals surface area contributed by atoms with Gasteiger partial charge < -0.3 is 10.6 Å². The Morgan fingerprint density at radius 3 is 2.56 bits per heavy atom. The SMILES string of the molecule is O=C(CNCc1ccccc1)Nc1ccccn1. The predicted octanol–water partition coefficient (Wildman–Crippen LogP) is 1.81. The van der Waals surface area contributed by atoms with Crippen LogP contribution in [-0.2, 0) is 11.3 Å². The van der Waals surface area contributed by atoms with Crippen LogP contribution in [0.5, 0.6) is 0 Å². The molecule has 0 fully saturated rings. The monoisotopic (exact) mass is 241 g/mol. The van der Waals surface area contributed by atoms with E-state index in [4.69, 9.17) is 0 Å². The predicted molar refractivity (Wildman–Crippen MR) is 71.0 cm³/mol. The van der Waals surface area contributed by atoms with Crippen LogP contribution in [0.1, 0.15) is 5.56 Å². The van der Waals surface area contributed by atoms with Gasteiger partial charge in [-0.15, -0.1) is 0 Å². The summed E-state index contributed by atoms with van der Waals surface area (Å²) in [7, 11) is 0. The minimum atomic E-state index is -0.0929. The lowest BCUT2D eigenvalue weighted by Gasteiger charge is -2.05. The molecule has 4 heteroatoms. The van der Waals surface area contributed by atoms with Gasteiger partial charge in [-0.3, -0.25) is 4.79 Å². The van der Waals surface area contributed by atoms with Crippen LogP contribution in [0.15, 0.2) is 54.7 Å². The summed E-state index contributed by atoms with van der Waals surface area (Å²) >= 11 is 0. The molecule has 0 aliphatic rings. The smallest absolute Gasteiger partial charge is 0.239 e. The van der Waals surface area contributed by atoms with Crippen LogP contribution in [0.4, 0.5) is 5.82 Å². The molecule has 0 bridgehead atoms. The first-order chi connectivity index (χ1) is 8.84. The van der Waals surface area contributed by atoms with Crippen molar-refractivity contribution in [1.29, 1.82) is 0 Å². The highest BCUT2D eigenvalue weighted by Crippen LogP contribution is 1.99. The molecule has 1 amide bonds. The van der Waals surface area contributed by atoms with Gasteiger partial charge in [0.25, 0.3) is 0 Å². The molecule has 0 atom stereocenters. The summed E-state index contributed by atoms with van der Waals surface area (Å²) < 4.78 is 0. The topological polar surface area (TPSA) is 54.0 Å². The lowest BCUT2D eigenvalue weighted by atomic mass is 10.2. The molecule has 2 rings (SSSR count). The molecular formula is C14H15N3O. The Kier molecular flexibility index (Phi) is 4.44. The molecule has 0 aliphatic heterocycles. The second-order valence-corrected chi connectivity index (χ2v) is 3.85. The van der Waals surface area contributed by atoms with Crippen LogP contribution in [0.3, 0.4) is 0 Å². The van der Waals surface area contributed by atoms with Gasteiger partial charge in [0.2, 0.25) is 5.91 Å². The fourth-order valence-corrected chi connectivity index (χ4v) is 1.54. The highest BCUT2D eigenvalue weighted by molar-refractivity contribution is 5.91. The average Bonchev–Trinajstić information content (AvgIpc) is 2.41. The lowest BCUT2D eigenvalue weighted by molar-refractivity contribution is -0.115. The Bertz CT molecular complexity index is 485. The summed E-state index contributed by atoms with van der Waals surface area (Å²) in [5.41, 5.74) is 1.16. The fourth-order valence-electron chi connectivity index (χ4n) is 1.54. The first kappa shape index (κ1) is 12.3. The van der Waals surface area contributed by atoms with Gasteiger partial charge in [0.1, 0.15) is 5.82 Å². The van der Waals surface area contributed by atoms with Gasteiger partial charge in [-0.25, -0.2) is 4.98 Å². The van der Waals surface area contributed by atoms with Gasteiger partial charge in [0, 0.05) is 12.7 Å². The molecule has 0 unspecified atom stereocenters. The third-order valence-electron chi connectivity index (χ3n) is 2.39. The molecule has 1 aromatic carbocycles. The quantitative estimate of drug-likeness (QED) is 0.839. The number of benzene rings is 1. The largest absolute Gasteiger partial charge is 0.310 e. The van der Waals surface area contributed by atoms with Crippen molar-refractivity contribution in [2.75, 3.05) is 11.9 Å². The maximum atomic E-state index is 11.6. The van der Waals surface area contributed by atoms with E-state index >= 15 is 0 Å². The van der Waals surface area contributed by atoms with Gasteiger partial charge in [-0.2, -0.15) is 0 Å². The number of hydrogen-bond donors (Lipinski definition) is 2. The fraction of sp³-hybridized carbons (Fsp3) is 0.143. The van der Waals surface area contributed by atoms with Crippen LogP contribution in [0, 0.1) is 0 Å². The molecule has 1 heterocycles. The summed E-state index contributed by atoms with van der Waals surface area (Å²) in [5.74, 6) is 0.480. The number of rotatable bonds is 5. The van der Waals surface area contributed by atoms with Crippen molar-refractivity contribution in [3.63, 3.8) is 0 Å². The van der Waals surface area contributed by atoms with Crippen molar-refractivity contribution in [2.45, 2.75) is 6.54 Å². The standard InChI is InChI=1S/C14H15N3O/c18-14(17-13-8-4-5-9-16-13)11-15-10-12-6-2-1-3-7-12/h1-9,15H,10-11H2,(H,16,17,18). The van der Waals surface area contributed by atoms with Gasteiger partial charge in [0.05, 0.1) is 6.54 Å². The number of hydrogen-bond acceptors (Lipinski definition) is 3. The zero-order valence-corrected chi connectivity index (χ0v) is 9.97. The molecule has 0 saturated heterocycles. The second-order valence-electron chi connectivity index (χ2n) is 3.85. The van der Waals surface area contributed by atoms with Crippen LogP contribution in [0.25, 0.3) is 0 Å². The molecule has 4 nitrogen and oxygen atoms in total. The van der Waals surface area contributed by atoms with E-state index in [1.54, 1.807) is 12.3 Å². The van der Waals surface area contributed by atoms with E-state index in [0.29, 0.717) is 12.4 Å². The highest BCUT2D eigenvalue weighted by Gasteiger charge is 2.01. The van der Waals surface area contributed by atoms with Crippen molar-refractivity contribution < 1.29 is 4.79 Å². The number of carbonyl (C=O) groups excluding carboxylic acids is 1. The maximum absolute atomic E-state index is 11.6. The summed E-state index contributed by atoms with van der Waals surface area (Å²) in [6.45, 7) is 0.946. The molecule has 1 aromatic heterocycles. The third kappa shape index (κ3) is 3.99. The van der Waals surface area contributed by atoms with Crippen molar-refractivity contribution in [3.05, 3.63) is 60.3 Å².